The predicted octanol–water partition coefficient (Wildman–Crippen LogP) is 1.88. The van der Waals surface area contributed by atoms with E-state index in [1.54, 1.807) is 16.7 Å². The molecule has 0 spiro atoms. The van der Waals surface area contributed by atoms with E-state index in [9.17, 15) is 14.4 Å². The van der Waals surface area contributed by atoms with Crippen LogP contribution in [0.15, 0.2) is 12.1 Å². The Balaban J connectivity index is 1.91. The van der Waals surface area contributed by atoms with Crippen LogP contribution in [0.3, 0.4) is 0 Å². The maximum Gasteiger partial charge on any atom is 0.340 e. The lowest BCUT2D eigenvalue weighted by Gasteiger charge is -2.30. The minimum Gasteiger partial charge on any atom is -0.493 e. The van der Waals surface area contributed by atoms with Gasteiger partial charge in [0.2, 0.25) is 11.8 Å². The Kier molecular flexibility index (Phi) is 5.23. The molecule has 146 valence electrons. The van der Waals surface area contributed by atoms with Crippen molar-refractivity contribution < 1.29 is 28.6 Å². The largest absolute Gasteiger partial charge is 0.493 e. The van der Waals surface area contributed by atoms with Crippen LogP contribution in [0.1, 0.15) is 30.1 Å². The molecule has 8 nitrogen and oxygen atoms in total. The zero-order valence-electron chi connectivity index (χ0n) is 15.7. The molecular weight excluding hydrogens is 372 g/mol. The van der Waals surface area contributed by atoms with Gasteiger partial charge >= 0.3 is 5.97 Å². The third-order valence-corrected chi connectivity index (χ3v) is 6.44. The molecule has 2 saturated heterocycles. The number of carbonyl (C=O) groups is 3. The van der Waals surface area contributed by atoms with Gasteiger partial charge in [-0.1, -0.05) is 0 Å². The normalized spacial score (nSPS) is 23.8. The van der Waals surface area contributed by atoms with Crippen LogP contribution in [0.2, 0.25) is 0 Å². The van der Waals surface area contributed by atoms with Gasteiger partial charge in [0, 0.05) is 24.3 Å². The standard InChI is InChI=1S/C18H22N2O6S/c1-18-6-5-15(21)20(18)12(9-27-18)16(22)19-11-8-14(25-3)13(24-2)7-10(11)17(23)26-4/h7-8,12H,5-6,9H2,1-4H3,(H,19,22)/t12-,18+/m1/s1. The molecule has 2 aliphatic heterocycles. The summed E-state index contributed by atoms with van der Waals surface area (Å²) in [5, 5.41) is 2.76. The molecule has 9 heteroatoms. The number of anilines is 1. The van der Waals surface area contributed by atoms with Gasteiger partial charge in [0.05, 0.1) is 37.5 Å². The van der Waals surface area contributed by atoms with Gasteiger partial charge in [-0.3, -0.25) is 9.59 Å². The highest BCUT2D eigenvalue weighted by molar-refractivity contribution is 8.01. The topological polar surface area (TPSA) is 94.2 Å². The Morgan fingerprint density at radius 1 is 1.22 bits per heavy atom. The van der Waals surface area contributed by atoms with Gasteiger partial charge in [-0.15, -0.1) is 11.8 Å². The zero-order valence-corrected chi connectivity index (χ0v) is 16.5. The number of esters is 1. The number of carbonyl (C=O) groups excluding carboxylic acids is 3. The SMILES string of the molecule is COC(=O)c1cc(OC)c(OC)cc1NC(=O)[C@H]1CS[C@@]2(C)CCC(=O)N12. The van der Waals surface area contributed by atoms with Gasteiger partial charge in [-0.05, 0) is 13.3 Å². The minimum absolute atomic E-state index is 0.0249. The third kappa shape index (κ3) is 3.31. The molecule has 27 heavy (non-hydrogen) atoms. The molecule has 0 aliphatic carbocycles. The molecule has 0 unspecified atom stereocenters. The Morgan fingerprint density at radius 3 is 2.52 bits per heavy atom. The molecule has 1 N–H and O–H groups in total. The summed E-state index contributed by atoms with van der Waals surface area (Å²) in [5.41, 5.74) is 0.388. The highest BCUT2D eigenvalue weighted by atomic mass is 32.2. The highest BCUT2D eigenvalue weighted by Crippen LogP contribution is 2.47. The van der Waals surface area contributed by atoms with Crippen molar-refractivity contribution in [2.24, 2.45) is 0 Å². The molecular formula is C18H22N2O6S. The van der Waals surface area contributed by atoms with Crippen molar-refractivity contribution in [3.05, 3.63) is 17.7 Å². The minimum atomic E-state index is -0.617. The van der Waals surface area contributed by atoms with E-state index in [1.165, 1.54) is 33.5 Å². The number of rotatable bonds is 5. The van der Waals surface area contributed by atoms with Gasteiger partial charge in [-0.2, -0.15) is 0 Å². The van der Waals surface area contributed by atoms with Gasteiger partial charge in [0.15, 0.2) is 11.5 Å². The summed E-state index contributed by atoms with van der Waals surface area (Å²) in [6.45, 7) is 1.98. The fourth-order valence-electron chi connectivity index (χ4n) is 3.49. The first kappa shape index (κ1) is 19.3. The van der Waals surface area contributed by atoms with Crippen LogP contribution in [0.4, 0.5) is 5.69 Å². The van der Waals surface area contributed by atoms with Crippen molar-refractivity contribution in [3.63, 3.8) is 0 Å². The summed E-state index contributed by atoms with van der Waals surface area (Å²) in [5.74, 6) is 0.226. The third-order valence-electron chi connectivity index (χ3n) is 4.93. The number of amides is 2. The molecule has 2 atom stereocenters. The molecule has 2 amide bonds. The van der Waals surface area contributed by atoms with Crippen molar-refractivity contribution in [3.8, 4) is 11.5 Å². The monoisotopic (exact) mass is 394 g/mol. The molecule has 2 fully saturated rings. The molecule has 0 aromatic heterocycles. The summed E-state index contributed by atoms with van der Waals surface area (Å²) < 4.78 is 15.3. The second-order valence-electron chi connectivity index (χ2n) is 6.50. The summed E-state index contributed by atoms with van der Waals surface area (Å²) in [7, 11) is 4.17. The van der Waals surface area contributed by atoms with E-state index in [0.29, 0.717) is 23.7 Å². The van der Waals surface area contributed by atoms with Gasteiger partial charge < -0.3 is 24.4 Å². The Labute approximate surface area is 161 Å². The Hall–Kier alpha value is -2.42. The Morgan fingerprint density at radius 2 is 1.89 bits per heavy atom. The number of nitrogens with one attached hydrogen (secondary N) is 1. The number of ether oxygens (including phenoxy) is 3. The maximum absolute atomic E-state index is 12.9. The summed E-state index contributed by atoms with van der Waals surface area (Å²) in [6, 6.07) is 2.37. The van der Waals surface area contributed by atoms with E-state index in [0.717, 1.165) is 6.42 Å². The van der Waals surface area contributed by atoms with Crippen LogP contribution in [0, 0.1) is 0 Å². The van der Waals surface area contributed by atoms with Crippen molar-refractivity contribution in [2.75, 3.05) is 32.4 Å². The van der Waals surface area contributed by atoms with E-state index in [1.807, 2.05) is 6.92 Å². The summed E-state index contributed by atoms with van der Waals surface area (Å²) >= 11 is 1.60. The highest BCUT2D eigenvalue weighted by Gasteiger charge is 2.53. The Bertz CT molecular complexity index is 798. The maximum atomic E-state index is 12.9. The second-order valence-corrected chi connectivity index (χ2v) is 8.00. The molecule has 0 saturated carbocycles. The summed E-state index contributed by atoms with van der Waals surface area (Å²) in [4.78, 5) is 38.6. The lowest BCUT2D eigenvalue weighted by Crippen LogP contribution is -2.48. The van der Waals surface area contributed by atoms with Crippen LogP contribution in [-0.2, 0) is 14.3 Å². The van der Waals surface area contributed by atoms with Crippen LogP contribution < -0.4 is 14.8 Å². The van der Waals surface area contributed by atoms with Crippen molar-refractivity contribution in [2.45, 2.75) is 30.7 Å². The van der Waals surface area contributed by atoms with Crippen LogP contribution in [-0.4, -0.2) is 60.7 Å². The van der Waals surface area contributed by atoms with E-state index in [2.05, 4.69) is 5.32 Å². The number of thioether (sulfide) groups is 1. The van der Waals surface area contributed by atoms with E-state index in [-0.39, 0.29) is 27.9 Å². The molecule has 2 aliphatic rings. The first-order valence-corrected chi connectivity index (χ1v) is 9.44. The van der Waals surface area contributed by atoms with E-state index in [4.69, 9.17) is 14.2 Å². The van der Waals surface area contributed by atoms with Crippen molar-refractivity contribution in [1.29, 1.82) is 0 Å². The van der Waals surface area contributed by atoms with Crippen molar-refractivity contribution in [1.82, 2.24) is 4.90 Å². The number of hydrogen-bond donors (Lipinski definition) is 1. The average Bonchev–Trinajstić information content (AvgIpc) is 3.16. The molecule has 0 bridgehead atoms. The van der Waals surface area contributed by atoms with Crippen LogP contribution in [0.5, 0.6) is 11.5 Å². The van der Waals surface area contributed by atoms with Crippen LogP contribution in [0.25, 0.3) is 0 Å². The van der Waals surface area contributed by atoms with Gasteiger partial charge in [0.1, 0.15) is 6.04 Å². The fraction of sp³-hybridized carbons (Fsp3) is 0.500. The smallest absolute Gasteiger partial charge is 0.340 e. The molecule has 1 aromatic carbocycles. The van der Waals surface area contributed by atoms with E-state index < -0.39 is 12.0 Å². The van der Waals surface area contributed by atoms with Crippen LogP contribution >= 0.6 is 11.8 Å². The molecule has 2 heterocycles. The molecule has 3 rings (SSSR count). The summed E-state index contributed by atoms with van der Waals surface area (Å²) in [6.07, 6.45) is 1.17. The first-order chi connectivity index (χ1) is 12.8. The fourth-order valence-corrected chi connectivity index (χ4v) is 4.92. The quantitative estimate of drug-likeness (QED) is 0.762. The lowest BCUT2D eigenvalue weighted by molar-refractivity contribution is -0.135. The first-order valence-electron chi connectivity index (χ1n) is 8.46. The predicted molar refractivity (Wildman–Crippen MR) is 100 cm³/mol. The average molecular weight is 394 g/mol. The molecule has 1 aromatic rings. The zero-order chi connectivity index (χ0) is 19.8. The number of nitrogens with zero attached hydrogens (tertiary/aromatic N) is 1. The van der Waals surface area contributed by atoms with Gasteiger partial charge in [0.25, 0.3) is 0 Å². The number of hydrogen-bond acceptors (Lipinski definition) is 7. The number of methoxy groups -OCH3 is 3. The van der Waals surface area contributed by atoms with Crippen molar-refractivity contribution >= 4 is 35.2 Å². The van der Waals surface area contributed by atoms with Gasteiger partial charge in [-0.25, -0.2) is 4.79 Å². The second kappa shape index (κ2) is 7.30. The molecule has 0 radical (unpaired) electrons. The number of fused-ring (bicyclic) bond motifs is 1. The van der Waals surface area contributed by atoms with E-state index >= 15 is 0 Å². The number of benzene rings is 1. The lowest BCUT2D eigenvalue weighted by atomic mass is 10.1.